The van der Waals surface area contributed by atoms with Gasteiger partial charge in [0.1, 0.15) is 0 Å². The topological polar surface area (TPSA) is 50.9 Å². The zero-order chi connectivity index (χ0) is 18.8. The molecule has 0 radical (unpaired) electrons. The van der Waals surface area contributed by atoms with Crippen LogP contribution in [0, 0.1) is 0 Å². The first-order chi connectivity index (χ1) is 13.1. The number of nitrogens with zero attached hydrogens (tertiary/aromatic N) is 3. The van der Waals surface area contributed by atoms with E-state index in [-0.39, 0.29) is 5.76 Å². The van der Waals surface area contributed by atoms with Gasteiger partial charge in [0.25, 0.3) is 0 Å². The zero-order valence-electron chi connectivity index (χ0n) is 15.2. The number of halogens is 1. The lowest BCUT2D eigenvalue weighted by Gasteiger charge is -2.29. The number of hydrogen-bond donors (Lipinski definition) is 0. The minimum atomic E-state index is -0.336. The summed E-state index contributed by atoms with van der Waals surface area (Å²) < 4.78 is 13.3. The molecule has 0 amide bonds. The van der Waals surface area contributed by atoms with Crippen molar-refractivity contribution in [1.82, 2.24) is 9.47 Å². The van der Waals surface area contributed by atoms with E-state index >= 15 is 0 Å². The Bertz CT molecular complexity index is 974. The summed E-state index contributed by atoms with van der Waals surface area (Å²) in [7, 11) is 2.00. The van der Waals surface area contributed by atoms with Crippen molar-refractivity contribution in [1.29, 1.82) is 0 Å². The molecule has 1 aromatic heterocycles. The molecule has 7 heteroatoms. The van der Waals surface area contributed by atoms with Crippen molar-refractivity contribution in [3.63, 3.8) is 0 Å². The fourth-order valence-corrected chi connectivity index (χ4v) is 3.75. The normalized spacial score (nSPS) is 15.0. The van der Waals surface area contributed by atoms with Gasteiger partial charge in [-0.2, -0.15) is 0 Å². The van der Waals surface area contributed by atoms with Gasteiger partial charge < -0.3 is 14.1 Å². The van der Waals surface area contributed by atoms with Crippen molar-refractivity contribution in [2.45, 2.75) is 13.2 Å². The number of morpholine rings is 1. The minimum absolute atomic E-state index is 0.336. The van der Waals surface area contributed by atoms with Crippen LogP contribution >= 0.6 is 15.9 Å². The van der Waals surface area contributed by atoms with Crippen LogP contribution in [0.3, 0.4) is 0 Å². The molecule has 0 saturated carbocycles. The number of ether oxygens (including phenoxy) is 1. The smallest absolute Gasteiger partial charge is 0.408 e. The van der Waals surface area contributed by atoms with Crippen LogP contribution in [0.5, 0.6) is 0 Å². The number of anilines is 1. The summed E-state index contributed by atoms with van der Waals surface area (Å²) in [4.78, 5) is 16.6. The van der Waals surface area contributed by atoms with Gasteiger partial charge in [-0.25, -0.2) is 4.79 Å². The maximum atomic E-state index is 12.2. The number of fused-ring (bicyclic) bond motifs is 1. The highest BCUT2D eigenvalue weighted by Crippen LogP contribution is 2.20. The van der Waals surface area contributed by atoms with Gasteiger partial charge in [0.15, 0.2) is 5.58 Å². The van der Waals surface area contributed by atoms with E-state index in [9.17, 15) is 4.79 Å². The van der Waals surface area contributed by atoms with Crippen molar-refractivity contribution in [2.24, 2.45) is 0 Å². The summed E-state index contributed by atoms with van der Waals surface area (Å²) in [5.74, 6) is -0.336. The maximum absolute atomic E-state index is 12.2. The van der Waals surface area contributed by atoms with Crippen LogP contribution in [0.25, 0.3) is 11.1 Å². The zero-order valence-corrected chi connectivity index (χ0v) is 16.8. The first-order valence-electron chi connectivity index (χ1n) is 8.99. The molecule has 0 bridgehead atoms. The van der Waals surface area contributed by atoms with E-state index in [0.29, 0.717) is 12.3 Å². The predicted octanol–water partition coefficient (Wildman–Crippen LogP) is 3.28. The predicted molar refractivity (Wildman–Crippen MR) is 109 cm³/mol. The third-order valence-corrected chi connectivity index (χ3v) is 5.27. The standard InChI is InChI=1S/C20H22BrN3O3/c1-22(14-24-18-7-4-16(21)12-19(18)27-20(24)25)13-15-2-5-17(6-3-15)23-8-10-26-11-9-23/h2-7,12H,8-11,13-14H2,1H3. The van der Waals surface area contributed by atoms with E-state index in [2.05, 4.69) is 50.0 Å². The molecule has 0 N–H and O–H groups in total. The van der Waals surface area contributed by atoms with Crippen LogP contribution in [0.4, 0.5) is 5.69 Å². The van der Waals surface area contributed by atoms with Crippen LogP contribution in [0.1, 0.15) is 5.56 Å². The quantitative estimate of drug-likeness (QED) is 0.620. The van der Waals surface area contributed by atoms with Gasteiger partial charge in [0.2, 0.25) is 0 Å². The van der Waals surface area contributed by atoms with Gasteiger partial charge in [-0.05, 0) is 42.9 Å². The molecule has 2 heterocycles. The third-order valence-electron chi connectivity index (χ3n) is 4.78. The summed E-state index contributed by atoms with van der Waals surface area (Å²) in [5, 5.41) is 0. The molecule has 142 valence electrons. The van der Waals surface area contributed by atoms with Crippen molar-refractivity contribution in [3.05, 3.63) is 63.1 Å². The number of hydrogen-bond acceptors (Lipinski definition) is 5. The number of oxazole rings is 1. The van der Waals surface area contributed by atoms with Gasteiger partial charge in [-0.1, -0.05) is 28.1 Å². The molecular formula is C20H22BrN3O3. The molecule has 1 saturated heterocycles. The summed E-state index contributed by atoms with van der Waals surface area (Å²) in [6, 6.07) is 14.2. The highest BCUT2D eigenvalue weighted by molar-refractivity contribution is 9.10. The molecule has 0 spiro atoms. The van der Waals surface area contributed by atoms with E-state index in [0.717, 1.165) is 42.8 Å². The third kappa shape index (κ3) is 4.10. The Morgan fingerprint density at radius 1 is 1.11 bits per heavy atom. The van der Waals surface area contributed by atoms with Crippen LogP contribution in [0.15, 0.2) is 56.1 Å². The fourth-order valence-electron chi connectivity index (χ4n) is 3.41. The summed E-state index contributed by atoms with van der Waals surface area (Å²) >= 11 is 3.40. The molecule has 0 unspecified atom stereocenters. The molecule has 0 atom stereocenters. The number of benzene rings is 2. The Morgan fingerprint density at radius 2 is 1.85 bits per heavy atom. The molecule has 1 aliphatic heterocycles. The molecule has 27 heavy (non-hydrogen) atoms. The van der Waals surface area contributed by atoms with Crippen LogP contribution < -0.4 is 10.7 Å². The van der Waals surface area contributed by atoms with Gasteiger partial charge in [-0.15, -0.1) is 0 Å². The average molecular weight is 432 g/mol. The van der Waals surface area contributed by atoms with Crippen LogP contribution in [0.2, 0.25) is 0 Å². The van der Waals surface area contributed by atoms with Gasteiger partial charge in [0.05, 0.1) is 25.4 Å². The monoisotopic (exact) mass is 431 g/mol. The van der Waals surface area contributed by atoms with E-state index in [1.165, 1.54) is 11.3 Å². The Labute approximate surface area is 166 Å². The van der Waals surface area contributed by atoms with E-state index < -0.39 is 0 Å². The van der Waals surface area contributed by atoms with Crippen molar-refractivity contribution in [2.75, 3.05) is 38.3 Å². The van der Waals surface area contributed by atoms with Crippen molar-refractivity contribution >= 4 is 32.7 Å². The maximum Gasteiger partial charge on any atom is 0.421 e. The minimum Gasteiger partial charge on any atom is -0.408 e. The Balaban J connectivity index is 1.44. The van der Waals surface area contributed by atoms with Gasteiger partial charge >= 0.3 is 5.76 Å². The Morgan fingerprint density at radius 3 is 2.59 bits per heavy atom. The SMILES string of the molecule is CN(Cc1ccc(N2CCOCC2)cc1)Cn1c(=O)oc2cc(Br)ccc21. The molecule has 3 aromatic rings. The van der Waals surface area contributed by atoms with Crippen molar-refractivity contribution < 1.29 is 9.15 Å². The summed E-state index contributed by atoms with van der Waals surface area (Å²) in [5.41, 5.74) is 3.83. The first-order valence-corrected chi connectivity index (χ1v) is 9.78. The van der Waals surface area contributed by atoms with E-state index in [4.69, 9.17) is 9.15 Å². The number of aromatic nitrogens is 1. The van der Waals surface area contributed by atoms with E-state index in [1.54, 1.807) is 4.57 Å². The molecule has 6 nitrogen and oxygen atoms in total. The lowest BCUT2D eigenvalue weighted by atomic mass is 10.2. The second kappa shape index (κ2) is 7.88. The first kappa shape index (κ1) is 18.3. The van der Waals surface area contributed by atoms with Crippen LogP contribution in [-0.2, 0) is 18.0 Å². The highest BCUT2D eigenvalue weighted by Gasteiger charge is 2.13. The molecule has 4 rings (SSSR count). The Hall–Kier alpha value is -2.09. The highest BCUT2D eigenvalue weighted by atomic mass is 79.9. The fraction of sp³-hybridized carbons (Fsp3) is 0.350. The van der Waals surface area contributed by atoms with Gasteiger partial charge in [0, 0.05) is 29.8 Å². The summed E-state index contributed by atoms with van der Waals surface area (Å²) in [6.07, 6.45) is 0. The van der Waals surface area contributed by atoms with E-state index in [1.807, 2.05) is 25.2 Å². The largest absolute Gasteiger partial charge is 0.421 e. The Kier molecular flexibility index (Phi) is 5.33. The molecule has 2 aromatic carbocycles. The van der Waals surface area contributed by atoms with Gasteiger partial charge in [-0.3, -0.25) is 9.47 Å². The number of rotatable bonds is 5. The molecule has 1 fully saturated rings. The molecule has 1 aliphatic rings. The molecular weight excluding hydrogens is 410 g/mol. The molecule has 0 aliphatic carbocycles. The van der Waals surface area contributed by atoms with Crippen molar-refractivity contribution in [3.8, 4) is 0 Å². The second-order valence-electron chi connectivity index (χ2n) is 6.83. The summed E-state index contributed by atoms with van der Waals surface area (Å²) in [6.45, 7) is 4.67. The lowest BCUT2D eigenvalue weighted by Crippen LogP contribution is -2.36. The lowest BCUT2D eigenvalue weighted by molar-refractivity contribution is 0.122. The second-order valence-corrected chi connectivity index (χ2v) is 7.75. The van der Waals surface area contributed by atoms with Crippen LogP contribution in [-0.4, -0.2) is 42.8 Å². The average Bonchev–Trinajstić information content (AvgIpc) is 2.97.